The Labute approximate surface area is 218 Å². The predicted octanol–water partition coefficient (Wildman–Crippen LogP) is -0.584. The summed E-state index contributed by atoms with van der Waals surface area (Å²) in [5.74, 6) is 1.35. The Morgan fingerprint density at radius 2 is 1.95 bits per heavy atom. The van der Waals surface area contributed by atoms with E-state index in [0.29, 0.717) is 80.2 Å². The summed E-state index contributed by atoms with van der Waals surface area (Å²) in [4.78, 5) is 21.9. The molecule has 12 nitrogen and oxygen atoms in total. The standard InChI is InChI=1S/C23H33F3N10O2/c24-23(25,26)14-38-12-7-30-20-19(17(27)13-35-8-2-16(37)3-9-35)33-22(36-10-5-28-6-11-36)34-21(20)32-18-1-4-29-15-31-18/h1,4,15-16,27-28,30,37H,2-3,5-14H2,(H,29,31,32,33,34)/p+1. The molecule has 38 heavy (non-hydrogen) atoms. The van der Waals surface area contributed by atoms with Crippen LogP contribution in [0.3, 0.4) is 0 Å². The molecule has 0 radical (unpaired) electrons. The lowest BCUT2D eigenvalue weighted by atomic mass is 10.1. The molecule has 208 valence electrons. The van der Waals surface area contributed by atoms with Crippen LogP contribution < -0.4 is 26.3 Å². The summed E-state index contributed by atoms with van der Waals surface area (Å²) in [7, 11) is 0. The van der Waals surface area contributed by atoms with E-state index in [0.717, 1.165) is 13.1 Å². The van der Waals surface area contributed by atoms with Gasteiger partial charge in [-0.2, -0.15) is 18.2 Å². The van der Waals surface area contributed by atoms with Gasteiger partial charge in [0.1, 0.15) is 24.4 Å². The minimum atomic E-state index is -4.40. The van der Waals surface area contributed by atoms with Gasteiger partial charge in [-0.25, -0.2) is 15.0 Å². The summed E-state index contributed by atoms with van der Waals surface area (Å²) in [5.41, 5.74) is 1.37. The van der Waals surface area contributed by atoms with Gasteiger partial charge in [-0.1, -0.05) is 0 Å². The molecule has 4 heterocycles. The van der Waals surface area contributed by atoms with E-state index in [4.69, 9.17) is 20.1 Å². The third-order valence-corrected chi connectivity index (χ3v) is 6.19. The quantitative estimate of drug-likeness (QED) is 0.184. The van der Waals surface area contributed by atoms with Crippen LogP contribution in [0.15, 0.2) is 18.6 Å². The SMILES string of the molecule is [NH2+]=C(CN1CCC(O)CC1)c1nc(N2CCNCC2)nc(Nc2ccncn2)c1NCCOCC(F)(F)F. The number of hydrogen-bond donors (Lipinski definition) is 5. The van der Waals surface area contributed by atoms with E-state index in [9.17, 15) is 18.3 Å². The van der Waals surface area contributed by atoms with Gasteiger partial charge < -0.3 is 30.7 Å². The van der Waals surface area contributed by atoms with Gasteiger partial charge in [0.2, 0.25) is 11.7 Å². The number of nitrogens with two attached hydrogens (primary N) is 1. The second kappa shape index (κ2) is 13.1. The summed E-state index contributed by atoms with van der Waals surface area (Å²) >= 11 is 0. The fraction of sp³-hybridized carbons (Fsp3) is 0.609. The van der Waals surface area contributed by atoms with Crippen LogP contribution in [0.5, 0.6) is 0 Å². The van der Waals surface area contributed by atoms with Crippen LogP contribution in [0.25, 0.3) is 0 Å². The molecule has 15 heteroatoms. The Morgan fingerprint density at radius 1 is 1.18 bits per heavy atom. The number of likely N-dealkylation sites (tertiary alicyclic amines) is 1. The average molecular weight is 540 g/mol. The van der Waals surface area contributed by atoms with Crippen molar-refractivity contribution in [3.05, 3.63) is 24.3 Å². The van der Waals surface area contributed by atoms with Gasteiger partial charge in [0.15, 0.2) is 11.5 Å². The second-order valence-corrected chi connectivity index (χ2v) is 9.18. The monoisotopic (exact) mass is 539 g/mol. The van der Waals surface area contributed by atoms with E-state index >= 15 is 0 Å². The van der Waals surface area contributed by atoms with Crippen LogP contribution in [-0.2, 0) is 4.74 Å². The molecule has 6 N–H and O–H groups in total. The number of ether oxygens (including phenoxy) is 1. The van der Waals surface area contributed by atoms with E-state index in [1.54, 1.807) is 12.3 Å². The topological polar surface area (TPSA) is 149 Å². The van der Waals surface area contributed by atoms with E-state index < -0.39 is 12.8 Å². The Bertz CT molecular complexity index is 1050. The first kappa shape index (κ1) is 27.9. The van der Waals surface area contributed by atoms with Gasteiger partial charge in [-0.15, -0.1) is 0 Å². The average Bonchev–Trinajstić information content (AvgIpc) is 2.90. The molecule has 2 aromatic rings. The van der Waals surface area contributed by atoms with Crippen LogP contribution in [-0.4, -0.2) is 114 Å². The van der Waals surface area contributed by atoms with Crippen molar-refractivity contribution >= 4 is 29.0 Å². The summed E-state index contributed by atoms with van der Waals surface area (Å²) in [6.45, 7) is 3.31. The molecule has 0 spiro atoms. The minimum Gasteiger partial charge on any atom is -0.393 e. The number of piperazine rings is 1. The molecule has 2 aromatic heterocycles. The zero-order valence-corrected chi connectivity index (χ0v) is 21.0. The van der Waals surface area contributed by atoms with Crippen LogP contribution in [0, 0.1) is 0 Å². The Kier molecular flexibility index (Phi) is 9.60. The van der Waals surface area contributed by atoms with E-state index in [1.807, 2.05) is 4.90 Å². The summed E-state index contributed by atoms with van der Waals surface area (Å²) in [6.07, 6.45) is -0.429. The van der Waals surface area contributed by atoms with E-state index in [-0.39, 0.29) is 19.3 Å². The van der Waals surface area contributed by atoms with E-state index in [2.05, 4.69) is 30.8 Å². The molecule has 2 aliphatic heterocycles. The van der Waals surface area contributed by atoms with Crippen molar-refractivity contribution in [2.24, 2.45) is 0 Å². The van der Waals surface area contributed by atoms with Crippen LogP contribution in [0.1, 0.15) is 18.5 Å². The number of aliphatic hydroxyl groups excluding tert-OH is 1. The number of piperidine rings is 1. The molecule has 0 atom stereocenters. The number of anilines is 4. The highest BCUT2D eigenvalue weighted by Gasteiger charge is 2.29. The first-order valence-electron chi connectivity index (χ1n) is 12.6. The highest BCUT2D eigenvalue weighted by molar-refractivity contribution is 6.03. The van der Waals surface area contributed by atoms with Crippen molar-refractivity contribution in [3.8, 4) is 0 Å². The molecule has 2 saturated heterocycles. The first-order valence-corrected chi connectivity index (χ1v) is 12.6. The van der Waals surface area contributed by atoms with E-state index in [1.165, 1.54) is 6.33 Å². The van der Waals surface area contributed by atoms with Gasteiger partial charge in [-0.05, 0) is 18.9 Å². The number of aliphatic hydroxyl groups is 1. The number of aromatic nitrogens is 4. The maximum atomic E-state index is 12.5. The lowest BCUT2D eigenvalue weighted by Gasteiger charge is -2.30. The Morgan fingerprint density at radius 3 is 2.63 bits per heavy atom. The fourth-order valence-corrected chi connectivity index (χ4v) is 4.26. The Balaban J connectivity index is 1.63. The lowest BCUT2D eigenvalue weighted by molar-refractivity contribution is -0.172. The zero-order valence-electron chi connectivity index (χ0n) is 21.0. The second-order valence-electron chi connectivity index (χ2n) is 9.18. The number of alkyl halides is 3. The molecule has 0 saturated carbocycles. The third-order valence-electron chi connectivity index (χ3n) is 6.19. The van der Waals surface area contributed by atoms with Gasteiger partial charge >= 0.3 is 6.18 Å². The Hall–Kier alpha value is -3.14. The number of hydrogen-bond acceptors (Lipinski definition) is 11. The molecule has 0 unspecified atom stereocenters. The molecule has 0 bridgehead atoms. The smallest absolute Gasteiger partial charge is 0.393 e. The highest BCUT2D eigenvalue weighted by Crippen LogP contribution is 2.29. The van der Waals surface area contributed by atoms with Crippen molar-refractivity contribution in [2.75, 3.05) is 81.1 Å². The predicted molar refractivity (Wildman–Crippen MR) is 136 cm³/mol. The van der Waals surface area contributed by atoms with Crippen LogP contribution in [0.4, 0.5) is 36.4 Å². The number of halogens is 3. The molecular weight excluding hydrogens is 505 g/mol. The summed E-state index contributed by atoms with van der Waals surface area (Å²) in [6, 6.07) is 1.68. The maximum absolute atomic E-state index is 12.5. The number of rotatable bonds is 11. The van der Waals surface area contributed by atoms with Crippen molar-refractivity contribution in [1.82, 2.24) is 30.2 Å². The molecule has 0 aliphatic carbocycles. The molecular formula is C23H34F3N10O2+. The van der Waals surface area contributed by atoms with Crippen molar-refractivity contribution in [3.63, 3.8) is 0 Å². The summed E-state index contributed by atoms with van der Waals surface area (Å²) in [5, 5.41) is 26.1. The third kappa shape index (κ3) is 8.18. The van der Waals surface area contributed by atoms with Gasteiger partial charge in [0, 0.05) is 52.0 Å². The maximum Gasteiger partial charge on any atom is 0.411 e. The van der Waals surface area contributed by atoms with Crippen LogP contribution >= 0.6 is 0 Å². The van der Waals surface area contributed by atoms with Gasteiger partial charge in [-0.3, -0.25) is 10.3 Å². The first-order chi connectivity index (χ1) is 18.3. The molecule has 0 amide bonds. The van der Waals surface area contributed by atoms with Crippen molar-refractivity contribution in [1.29, 1.82) is 0 Å². The largest absolute Gasteiger partial charge is 0.411 e. The number of nitrogens with one attached hydrogen (secondary N) is 3. The van der Waals surface area contributed by atoms with Gasteiger partial charge in [0.05, 0.1) is 19.3 Å². The summed E-state index contributed by atoms with van der Waals surface area (Å²) < 4.78 is 42.3. The highest BCUT2D eigenvalue weighted by atomic mass is 19.4. The zero-order chi connectivity index (χ0) is 27.0. The molecule has 4 rings (SSSR count). The van der Waals surface area contributed by atoms with Gasteiger partial charge in [0.25, 0.3) is 0 Å². The lowest BCUT2D eigenvalue weighted by Crippen LogP contribution is -2.50. The van der Waals surface area contributed by atoms with Crippen LogP contribution in [0.2, 0.25) is 0 Å². The van der Waals surface area contributed by atoms with Crippen molar-refractivity contribution in [2.45, 2.75) is 25.1 Å². The molecule has 2 aliphatic rings. The van der Waals surface area contributed by atoms with Crippen molar-refractivity contribution < 1.29 is 28.4 Å². The molecule has 2 fully saturated rings. The number of nitrogens with zero attached hydrogens (tertiary/aromatic N) is 6. The normalized spacial score (nSPS) is 17.4. The minimum absolute atomic E-state index is 0.0705. The fourth-order valence-electron chi connectivity index (χ4n) is 4.26. The molecule has 0 aromatic carbocycles.